The van der Waals surface area contributed by atoms with Gasteiger partial charge in [-0.1, -0.05) is 0 Å². The van der Waals surface area contributed by atoms with E-state index in [9.17, 15) is 4.91 Å². The van der Waals surface area contributed by atoms with Crippen LogP contribution in [-0.4, -0.2) is 17.2 Å². The molecule has 0 aliphatic rings. The molecule has 0 amide bonds. The number of hydrogen-bond donors (Lipinski definition) is 1. The molecule has 70 valence electrons. The van der Waals surface area contributed by atoms with Crippen molar-refractivity contribution in [1.29, 1.82) is 0 Å². The van der Waals surface area contributed by atoms with Crippen LogP contribution < -0.4 is 4.74 Å². The Bertz CT molecular complexity index is 347. The maximum absolute atomic E-state index is 10.7. The summed E-state index contributed by atoms with van der Waals surface area (Å²) in [4.78, 5) is 10.5. The predicted molar refractivity (Wildman–Crippen MR) is 47.5 cm³/mol. The van der Waals surface area contributed by atoms with E-state index in [1.54, 1.807) is 19.1 Å². The molecule has 1 N–H and O–H groups in total. The van der Waals surface area contributed by atoms with Crippen LogP contribution in [0, 0.1) is 18.8 Å². The molecule has 1 aromatic carbocycles. The average molecular weight is 182 g/mol. The molecule has 0 unspecified atom stereocenters. The second-order valence-electron chi connectivity index (χ2n) is 2.83. The molecule has 0 aliphatic heterocycles. The second kappa shape index (κ2) is 3.43. The van der Waals surface area contributed by atoms with Gasteiger partial charge in [0.05, 0.1) is 17.6 Å². The van der Waals surface area contributed by atoms with Crippen LogP contribution >= 0.6 is 0 Å². The van der Waals surface area contributed by atoms with Gasteiger partial charge in [0.25, 0.3) is 4.92 Å². The van der Waals surface area contributed by atoms with Crippen molar-refractivity contribution in [2.75, 3.05) is 7.11 Å². The Morgan fingerprint density at radius 1 is 1.38 bits per heavy atom. The summed E-state index contributed by atoms with van der Waals surface area (Å²) in [7, 11) is 1.53. The van der Waals surface area contributed by atoms with Crippen LogP contribution in [0.5, 0.6) is 5.75 Å². The quantitative estimate of drug-likeness (QED) is 0.712. The van der Waals surface area contributed by atoms with Crippen LogP contribution in [0.15, 0.2) is 12.1 Å². The average Bonchev–Trinajstić information content (AvgIpc) is 2.04. The number of nitrogens with zero attached hydrogens (tertiary/aromatic N) is 1. The maximum atomic E-state index is 10.7. The first-order chi connectivity index (χ1) is 6.07. The molecule has 0 aliphatic carbocycles. The van der Waals surface area contributed by atoms with Crippen LogP contribution in [-0.2, 0) is 0 Å². The van der Waals surface area contributed by atoms with Gasteiger partial charge in [-0.2, -0.15) is 0 Å². The molecule has 0 heterocycles. The Hall–Kier alpha value is -1.58. The molecule has 0 spiro atoms. The molecule has 0 bridgehead atoms. The van der Waals surface area contributed by atoms with E-state index >= 15 is 0 Å². The highest BCUT2D eigenvalue weighted by Gasteiger charge is 2.19. The van der Waals surface area contributed by atoms with Crippen LogP contribution in [0.25, 0.3) is 0 Å². The van der Waals surface area contributed by atoms with E-state index in [-0.39, 0.29) is 10.6 Å². The largest absolute Gasteiger partial charge is 0.496 e. The van der Waals surface area contributed by atoms with Gasteiger partial charge in [0.15, 0.2) is 0 Å². The van der Waals surface area contributed by atoms with E-state index in [4.69, 9.17) is 9.94 Å². The van der Waals surface area contributed by atoms with Crippen molar-refractivity contribution in [3.8, 4) is 5.75 Å². The minimum atomic E-state index is -0.155. The standard InChI is InChI=1S/C9H12NO3/c1-6-4-5-8(10(11)12)7(2)9(6)13-3/h4-5H,1-3H3,(H,11,12)/q+1. The lowest BCUT2D eigenvalue weighted by molar-refractivity contribution is -0.730. The van der Waals surface area contributed by atoms with E-state index in [1.807, 2.05) is 6.92 Å². The molecule has 0 atom stereocenters. The first-order valence-corrected chi connectivity index (χ1v) is 3.88. The topological polar surface area (TPSA) is 49.5 Å². The van der Waals surface area contributed by atoms with E-state index in [2.05, 4.69) is 0 Å². The lowest BCUT2D eigenvalue weighted by atomic mass is 10.1. The second-order valence-corrected chi connectivity index (χ2v) is 2.83. The third-order valence-electron chi connectivity index (χ3n) is 1.98. The van der Waals surface area contributed by atoms with Crippen molar-refractivity contribution in [1.82, 2.24) is 0 Å². The minimum Gasteiger partial charge on any atom is -0.496 e. The Kier molecular flexibility index (Phi) is 2.51. The van der Waals surface area contributed by atoms with Crippen molar-refractivity contribution >= 4 is 5.69 Å². The van der Waals surface area contributed by atoms with E-state index < -0.39 is 0 Å². The lowest BCUT2D eigenvalue weighted by Crippen LogP contribution is -1.98. The molecule has 0 saturated carbocycles. The zero-order valence-electron chi connectivity index (χ0n) is 7.87. The first kappa shape index (κ1) is 9.51. The van der Waals surface area contributed by atoms with Gasteiger partial charge in [-0.3, -0.25) is 0 Å². The predicted octanol–water partition coefficient (Wildman–Crippen LogP) is 2.11. The summed E-state index contributed by atoms with van der Waals surface area (Å²) in [6.45, 7) is 3.60. The summed E-state index contributed by atoms with van der Waals surface area (Å²) in [5.41, 5.74) is 1.79. The fourth-order valence-corrected chi connectivity index (χ4v) is 1.34. The Morgan fingerprint density at radius 2 is 2.00 bits per heavy atom. The number of ether oxygens (including phenoxy) is 1. The summed E-state index contributed by atoms with van der Waals surface area (Å²) in [6, 6.07) is 3.28. The van der Waals surface area contributed by atoms with Gasteiger partial charge in [0.2, 0.25) is 0 Å². The summed E-state index contributed by atoms with van der Waals surface area (Å²) >= 11 is 0. The molecule has 0 saturated heterocycles. The lowest BCUT2D eigenvalue weighted by Gasteiger charge is -2.06. The van der Waals surface area contributed by atoms with Crippen LogP contribution in [0.1, 0.15) is 11.1 Å². The Morgan fingerprint density at radius 3 is 2.46 bits per heavy atom. The zero-order valence-corrected chi connectivity index (χ0v) is 7.87. The molecule has 0 aromatic heterocycles. The highest BCUT2D eigenvalue weighted by molar-refractivity contribution is 5.52. The smallest absolute Gasteiger partial charge is 0.323 e. The molecule has 4 heteroatoms. The number of hydrogen-bond acceptors (Lipinski definition) is 2. The number of benzene rings is 1. The van der Waals surface area contributed by atoms with Gasteiger partial charge in [-0.05, 0) is 25.5 Å². The fourth-order valence-electron chi connectivity index (χ4n) is 1.34. The number of rotatable bonds is 2. The first-order valence-electron chi connectivity index (χ1n) is 3.88. The van der Waals surface area contributed by atoms with Crippen molar-refractivity contribution in [3.05, 3.63) is 28.2 Å². The summed E-state index contributed by atoms with van der Waals surface area (Å²) < 4.78 is 5.09. The molecule has 13 heavy (non-hydrogen) atoms. The summed E-state index contributed by atoms with van der Waals surface area (Å²) in [5.74, 6) is 0.632. The SMILES string of the molecule is COc1c(C)ccc([N+](=O)O)c1C. The molecular weight excluding hydrogens is 170 g/mol. The molecule has 1 aromatic rings. The maximum Gasteiger partial charge on any atom is 0.323 e. The molecule has 0 fully saturated rings. The molecule has 1 rings (SSSR count). The van der Waals surface area contributed by atoms with Crippen LogP contribution in [0.3, 0.4) is 0 Å². The summed E-state index contributed by atoms with van der Waals surface area (Å²) in [6.07, 6.45) is 0. The monoisotopic (exact) mass is 182 g/mol. The van der Waals surface area contributed by atoms with Crippen molar-refractivity contribution < 1.29 is 14.9 Å². The van der Waals surface area contributed by atoms with Gasteiger partial charge in [-0.15, -0.1) is 0 Å². The van der Waals surface area contributed by atoms with E-state index in [0.29, 0.717) is 11.3 Å². The molecule has 0 radical (unpaired) electrons. The molecular formula is C9H12NO3+. The highest BCUT2D eigenvalue weighted by atomic mass is 16.6. The minimum absolute atomic E-state index is 0.155. The van der Waals surface area contributed by atoms with Gasteiger partial charge in [-0.25, -0.2) is 5.21 Å². The van der Waals surface area contributed by atoms with Crippen molar-refractivity contribution in [3.63, 3.8) is 0 Å². The fraction of sp³-hybridized carbons (Fsp3) is 0.333. The Balaban J connectivity index is 3.35. The van der Waals surface area contributed by atoms with Gasteiger partial charge < -0.3 is 4.74 Å². The summed E-state index contributed by atoms with van der Waals surface area (Å²) in [5, 5.41) is 8.74. The normalized spacial score (nSPS) is 9.77. The third kappa shape index (κ3) is 1.61. The number of aryl methyl sites for hydroxylation is 1. The third-order valence-corrected chi connectivity index (χ3v) is 1.98. The molecule has 4 nitrogen and oxygen atoms in total. The van der Waals surface area contributed by atoms with E-state index in [1.165, 1.54) is 7.11 Å². The van der Waals surface area contributed by atoms with Crippen molar-refractivity contribution in [2.45, 2.75) is 13.8 Å². The van der Waals surface area contributed by atoms with Crippen molar-refractivity contribution in [2.24, 2.45) is 0 Å². The highest BCUT2D eigenvalue weighted by Crippen LogP contribution is 2.29. The number of methoxy groups -OCH3 is 1. The zero-order chi connectivity index (χ0) is 10.0. The Labute approximate surface area is 76.3 Å². The van der Waals surface area contributed by atoms with Crippen LogP contribution in [0.4, 0.5) is 5.69 Å². The van der Waals surface area contributed by atoms with Gasteiger partial charge in [0.1, 0.15) is 5.75 Å². The van der Waals surface area contributed by atoms with Gasteiger partial charge >= 0.3 is 5.69 Å². The van der Waals surface area contributed by atoms with Crippen LogP contribution in [0.2, 0.25) is 0 Å². The van der Waals surface area contributed by atoms with E-state index in [0.717, 1.165) is 5.56 Å². The van der Waals surface area contributed by atoms with Gasteiger partial charge in [0, 0.05) is 6.07 Å².